The molecule has 0 aliphatic heterocycles. The molecule has 4 aromatic carbocycles. The van der Waals surface area contributed by atoms with Gasteiger partial charge in [0.05, 0.1) is 66.5 Å². The highest BCUT2D eigenvalue weighted by atomic mass is 32.1. The number of anilines is 1. The fraction of sp³-hybridized carbons (Fsp3) is 0.406. The molecule has 18 nitrogen and oxygen atoms in total. The van der Waals surface area contributed by atoms with Crippen LogP contribution in [0.4, 0.5) is 5.13 Å². The number of thiazole rings is 1. The Morgan fingerprint density at radius 1 is 0.578 bits per heavy atom. The number of hydrogen-bond acceptors (Lipinski definition) is 19. The number of aromatic nitrogens is 1. The van der Waals surface area contributed by atoms with Crippen LogP contribution >= 0.6 is 11.3 Å². The minimum Gasteiger partial charge on any atom is -0.494 e. The zero-order chi connectivity index (χ0) is 58.8. The molecule has 0 bridgehead atoms. The van der Waals surface area contributed by atoms with Crippen molar-refractivity contribution in [3.05, 3.63) is 128 Å². The summed E-state index contributed by atoms with van der Waals surface area (Å²) < 4.78 is 46.1. The van der Waals surface area contributed by atoms with E-state index in [1.54, 1.807) is 71.7 Å². The molecule has 0 N–H and O–H groups in total. The molecule has 0 spiro atoms. The molecule has 2 fully saturated rings. The number of ether oxygens (including phenoxy) is 8. The Labute approximate surface area is 488 Å². The van der Waals surface area contributed by atoms with Crippen molar-refractivity contribution >= 4 is 74.6 Å². The molecule has 0 amide bonds. The second kappa shape index (κ2) is 32.9. The summed E-state index contributed by atoms with van der Waals surface area (Å²) in [5, 5.41) is 6.94. The van der Waals surface area contributed by atoms with Crippen LogP contribution in [0.2, 0.25) is 0 Å². The number of rotatable bonds is 31. The average molecular weight is 1150 g/mol. The van der Waals surface area contributed by atoms with Gasteiger partial charge in [0.25, 0.3) is 0 Å². The number of carbonyl (C=O) groups excluding carboxylic acids is 6. The highest BCUT2D eigenvalue weighted by Crippen LogP contribution is 2.36. The number of benzene rings is 4. The van der Waals surface area contributed by atoms with Gasteiger partial charge in [0.2, 0.25) is 5.13 Å². The number of fused-ring (bicyclic) bond motifs is 1. The zero-order valence-electron chi connectivity index (χ0n) is 47.0. The van der Waals surface area contributed by atoms with Gasteiger partial charge in [-0.3, -0.25) is 19.2 Å². The second-order valence-electron chi connectivity index (χ2n) is 20.2. The number of hydrazone groups is 1. The van der Waals surface area contributed by atoms with Crippen molar-refractivity contribution in [3.63, 3.8) is 0 Å². The standard InChI is InChI=1S/C64H72N4O14S/c1-5-58(69)77-40-16-10-8-14-38-75-50-28-32-52(33-29-50)79-60(71)45-20-22-47(23-21-45)62(73)81-54-36-37-56(49(42-54)43-66-68(44(4)65-7-3)64-67-55-18-12-13-19-57(55)83-64)82-63(74)48-26-24-46(25-27-48)61(72)80-53-34-30-51(31-35-53)76-39-15-9-11-17-41-78-59(70)6-2/h5-6,12-13,18-19,28-37,42-48H,1-3,8-11,14-17,20-27,38-41H2,4H3/b66-43+/t44?,45-,46-,47-,48-. The van der Waals surface area contributed by atoms with Crippen LogP contribution in [0, 0.1) is 23.7 Å². The van der Waals surface area contributed by atoms with E-state index in [1.165, 1.54) is 17.6 Å². The Morgan fingerprint density at radius 2 is 1.00 bits per heavy atom. The van der Waals surface area contributed by atoms with Crippen molar-refractivity contribution in [1.82, 2.24) is 4.98 Å². The van der Waals surface area contributed by atoms with Crippen LogP contribution in [-0.4, -0.2) is 85.5 Å². The van der Waals surface area contributed by atoms with E-state index >= 15 is 0 Å². The molecule has 438 valence electrons. The number of para-hydroxylation sites is 1. The molecule has 0 radical (unpaired) electrons. The summed E-state index contributed by atoms with van der Waals surface area (Å²) in [6.07, 6.45) is 13.5. The SMILES string of the molecule is C=C=NC(C)N(/N=C/c1cc(OC(=O)[C@H]2CC[C@H](C(=O)Oc3ccc(OCCCCCCOC(=O)C=C)cc3)CC2)ccc1OC(=O)[C@H]1CC[C@H](C(=O)Oc2ccc(OCCCCCCOC(=O)C=C)cc2)CC1)c1nc2ccccc2s1. The minimum atomic E-state index is -0.581. The number of carbonyl (C=O) groups is 6. The summed E-state index contributed by atoms with van der Waals surface area (Å²) in [4.78, 5) is 85.6. The lowest BCUT2D eigenvalue weighted by atomic mass is 9.82. The molecule has 2 aliphatic rings. The summed E-state index contributed by atoms with van der Waals surface area (Å²) in [7, 11) is 0. The van der Waals surface area contributed by atoms with Gasteiger partial charge in [-0.05, 0) is 201 Å². The normalized spacial score (nSPS) is 17.0. The van der Waals surface area contributed by atoms with Crippen LogP contribution in [-0.2, 0) is 38.2 Å². The van der Waals surface area contributed by atoms with Gasteiger partial charge in [-0.2, -0.15) is 5.10 Å². The van der Waals surface area contributed by atoms with E-state index in [0.29, 0.717) is 111 Å². The van der Waals surface area contributed by atoms with Crippen LogP contribution < -0.4 is 33.4 Å². The Morgan fingerprint density at radius 3 is 1.46 bits per heavy atom. The first-order valence-electron chi connectivity index (χ1n) is 28.3. The lowest BCUT2D eigenvalue weighted by Gasteiger charge is -2.26. The van der Waals surface area contributed by atoms with Gasteiger partial charge in [0.15, 0.2) is 6.17 Å². The summed E-state index contributed by atoms with van der Waals surface area (Å²) >= 11 is 1.42. The number of aliphatic imine (C=N–C) groups is 1. The first-order valence-corrected chi connectivity index (χ1v) is 29.2. The minimum absolute atomic E-state index is 0.176. The second-order valence-corrected chi connectivity index (χ2v) is 21.2. The van der Waals surface area contributed by atoms with Crippen LogP contribution in [0.1, 0.15) is 115 Å². The molecule has 5 aromatic rings. The van der Waals surface area contributed by atoms with Gasteiger partial charge >= 0.3 is 35.8 Å². The highest BCUT2D eigenvalue weighted by Gasteiger charge is 2.34. The van der Waals surface area contributed by atoms with E-state index in [-0.39, 0.29) is 23.4 Å². The predicted octanol–water partition coefficient (Wildman–Crippen LogP) is 12.3. The molecular formula is C64H72N4O14S. The molecule has 7 rings (SSSR count). The smallest absolute Gasteiger partial charge is 0.330 e. The Balaban J connectivity index is 0.911. The summed E-state index contributed by atoms with van der Waals surface area (Å²) in [6.45, 7) is 14.0. The molecule has 1 atom stereocenters. The van der Waals surface area contributed by atoms with Crippen molar-refractivity contribution in [2.24, 2.45) is 33.8 Å². The third-order valence-electron chi connectivity index (χ3n) is 14.2. The van der Waals surface area contributed by atoms with E-state index in [9.17, 15) is 28.8 Å². The number of esters is 6. The lowest BCUT2D eigenvalue weighted by Crippen LogP contribution is -2.30. The summed E-state index contributed by atoms with van der Waals surface area (Å²) in [6, 6.07) is 26.2. The number of nitrogens with zero attached hydrogens (tertiary/aromatic N) is 4. The molecule has 19 heteroatoms. The molecule has 1 heterocycles. The van der Waals surface area contributed by atoms with Gasteiger partial charge in [-0.15, -0.1) is 0 Å². The van der Waals surface area contributed by atoms with Gasteiger partial charge in [-0.1, -0.05) is 36.6 Å². The van der Waals surface area contributed by atoms with Gasteiger partial charge in [0, 0.05) is 17.7 Å². The fourth-order valence-electron chi connectivity index (χ4n) is 9.45. The van der Waals surface area contributed by atoms with Gasteiger partial charge in [0.1, 0.15) is 34.5 Å². The van der Waals surface area contributed by atoms with Gasteiger partial charge in [-0.25, -0.2) is 24.6 Å². The summed E-state index contributed by atoms with van der Waals surface area (Å²) in [5.74, 6) is 0.803. The Kier molecular flexibility index (Phi) is 24.6. The van der Waals surface area contributed by atoms with Crippen molar-refractivity contribution in [2.45, 2.75) is 116 Å². The first-order chi connectivity index (χ1) is 40.4. The summed E-state index contributed by atoms with van der Waals surface area (Å²) in [5.41, 5.74) is 1.12. The average Bonchev–Trinajstić information content (AvgIpc) is 4.07. The molecule has 2 aliphatic carbocycles. The van der Waals surface area contributed by atoms with E-state index in [1.807, 2.05) is 31.2 Å². The van der Waals surface area contributed by atoms with Crippen molar-refractivity contribution in [2.75, 3.05) is 31.4 Å². The van der Waals surface area contributed by atoms with Crippen molar-refractivity contribution < 1.29 is 66.7 Å². The van der Waals surface area contributed by atoms with Gasteiger partial charge < -0.3 is 37.9 Å². The third-order valence-corrected chi connectivity index (χ3v) is 15.2. The highest BCUT2D eigenvalue weighted by molar-refractivity contribution is 7.22. The number of unbranched alkanes of at least 4 members (excludes halogenated alkanes) is 6. The Bertz CT molecular complexity index is 3030. The topological polar surface area (TPSA) is 217 Å². The molecule has 1 unspecified atom stereocenters. The monoisotopic (exact) mass is 1150 g/mol. The van der Waals surface area contributed by atoms with Crippen LogP contribution in [0.15, 0.2) is 133 Å². The van der Waals surface area contributed by atoms with Crippen LogP contribution in [0.3, 0.4) is 0 Å². The zero-order valence-corrected chi connectivity index (χ0v) is 47.8. The van der Waals surface area contributed by atoms with Crippen molar-refractivity contribution in [3.8, 4) is 34.5 Å². The van der Waals surface area contributed by atoms with E-state index < -0.39 is 53.7 Å². The van der Waals surface area contributed by atoms with E-state index in [4.69, 9.17) is 48.0 Å². The lowest BCUT2D eigenvalue weighted by molar-refractivity contribution is -0.145. The third kappa shape index (κ3) is 19.9. The maximum atomic E-state index is 13.9. The first kappa shape index (κ1) is 62.2. The quantitative estimate of drug-likeness (QED) is 0.0101. The maximum absolute atomic E-state index is 13.9. The molecule has 83 heavy (non-hydrogen) atoms. The fourth-order valence-corrected chi connectivity index (χ4v) is 10.4. The molecule has 1 aromatic heterocycles. The van der Waals surface area contributed by atoms with E-state index in [2.05, 4.69) is 30.6 Å². The molecule has 2 saturated carbocycles. The van der Waals surface area contributed by atoms with Crippen molar-refractivity contribution in [1.29, 1.82) is 0 Å². The largest absolute Gasteiger partial charge is 0.494 e. The van der Waals surface area contributed by atoms with E-state index in [0.717, 1.165) is 73.7 Å². The Hall–Kier alpha value is -8.41. The molecular weight excluding hydrogens is 1080 g/mol. The molecule has 0 saturated heterocycles. The maximum Gasteiger partial charge on any atom is 0.330 e. The van der Waals surface area contributed by atoms with Crippen LogP contribution in [0.5, 0.6) is 34.5 Å². The predicted molar refractivity (Wildman–Crippen MR) is 315 cm³/mol. The van der Waals surface area contributed by atoms with Crippen LogP contribution in [0.25, 0.3) is 10.2 Å². The number of hydrogen-bond donors (Lipinski definition) is 0.